The second-order valence-corrected chi connectivity index (χ2v) is 8.41. The summed E-state index contributed by atoms with van der Waals surface area (Å²) in [5, 5.41) is 12.4. The van der Waals surface area contributed by atoms with Gasteiger partial charge in [0.15, 0.2) is 5.78 Å². The largest absolute Gasteiger partial charge is 0.478 e. The molecule has 4 rings (SSSR count). The number of benzene rings is 2. The molecule has 9 nitrogen and oxygen atoms in total. The van der Waals surface area contributed by atoms with E-state index in [4.69, 9.17) is 4.74 Å². The summed E-state index contributed by atoms with van der Waals surface area (Å²) in [5.74, 6) is -1.96. The predicted octanol–water partition coefficient (Wildman–Crippen LogP) is 3.10. The molecule has 170 valence electrons. The lowest BCUT2D eigenvalue weighted by atomic mass is 9.96. The van der Waals surface area contributed by atoms with Crippen LogP contribution in [-0.4, -0.2) is 50.8 Å². The van der Waals surface area contributed by atoms with Crippen LogP contribution in [0.15, 0.2) is 48.5 Å². The molecule has 0 spiro atoms. The van der Waals surface area contributed by atoms with E-state index in [1.807, 2.05) is 30.3 Å². The number of carbonyl (C=O) groups excluding carboxylic acids is 3. The van der Waals surface area contributed by atoms with E-state index in [9.17, 15) is 24.3 Å². The zero-order valence-corrected chi connectivity index (χ0v) is 18.2. The van der Waals surface area contributed by atoms with Crippen molar-refractivity contribution in [2.24, 2.45) is 0 Å². The van der Waals surface area contributed by atoms with E-state index < -0.39 is 23.5 Å². The van der Waals surface area contributed by atoms with Gasteiger partial charge < -0.3 is 25.0 Å². The number of ether oxygens (including phenoxy) is 1. The Bertz CT molecular complexity index is 1260. The molecule has 0 radical (unpaired) electrons. The van der Waals surface area contributed by atoms with Gasteiger partial charge in [-0.05, 0) is 31.5 Å². The maximum absolute atomic E-state index is 13.2. The summed E-state index contributed by atoms with van der Waals surface area (Å²) in [6.45, 7) is 2.98. The molecule has 1 aliphatic rings. The second-order valence-electron chi connectivity index (χ2n) is 8.41. The summed E-state index contributed by atoms with van der Waals surface area (Å²) in [7, 11) is 0. The number of alkyl carbamates (subject to hydrolysis) is 1. The molecule has 0 fully saturated rings. The van der Waals surface area contributed by atoms with Gasteiger partial charge in [-0.2, -0.15) is 0 Å². The van der Waals surface area contributed by atoms with E-state index in [-0.39, 0.29) is 31.0 Å². The smallest absolute Gasteiger partial charge is 0.408 e. The van der Waals surface area contributed by atoms with E-state index in [0.717, 1.165) is 5.56 Å². The van der Waals surface area contributed by atoms with Gasteiger partial charge in [0.1, 0.15) is 12.1 Å². The van der Waals surface area contributed by atoms with E-state index in [1.54, 1.807) is 12.1 Å². The van der Waals surface area contributed by atoms with Crippen molar-refractivity contribution in [3.8, 4) is 0 Å². The third-order valence-corrected chi connectivity index (χ3v) is 5.54. The summed E-state index contributed by atoms with van der Waals surface area (Å²) in [6.07, 6.45) is -0.752. The number of hydrogen-bond acceptors (Lipinski definition) is 5. The van der Waals surface area contributed by atoms with Gasteiger partial charge in [-0.25, -0.2) is 9.59 Å². The summed E-state index contributed by atoms with van der Waals surface area (Å²) in [6, 6.07) is 13.9. The molecule has 1 aromatic heterocycles. The van der Waals surface area contributed by atoms with Crippen LogP contribution in [0.25, 0.3) is 10.9 Å². The van der Waals surface area contributed by atoms with Crippen LogP contribution in [0.5, 0.6) is 0 Å². The Morgan fingerprint density at radius 2 is 1.82 bits per heavy atom. The van der Waals surface area contributed by atoms with Gasteiger partial charge in [0.25, 0.3) is 0 Å². The number of ketones is 1. The van der Waals surface area contributed by atoms with Crippen LogP contribution >= 0.6 is 0 Å². The second kappa shape index (κ2) is 8.42. The minimum absolute atomic E-state index is 0.0290. The molecule has 0 unspecified atom stereocenters. The van der Waals surface area contributed by atoms with Gasteiger partial charge in [0.2, 0.25) is 5.91 Å². The molecule has 0 bridgehead atoms. The fraction of sp³-hybridized carbons (Fsp3) is 0.250. The van der Waals surface area contributed by atoms with Crippen LogP contribution in [0.1, 0.15) is 45.8 Å². The summed E-state index contributed by atoms with van der Waals surface area (Å²) >= 11 is 0. The Morgan fingerprint density at radius 3 is 2.52 bits per heavy atom. The van der Waals surface area contributed by atoms with Crippen LogP contribution in [0, 0.1) is 0 Å². The van der Waals surface area contributed by atoms with Crippen molar-refractivity contribution in [1.29, 1.82) is 0 Å². The van der Waals surface area contributed by atoms with E-state index in [0.29, 0.717) is 22.2 Å². The van der Waals surface area contributed by atoms with Crippen LogP contribution < -0.4 is 5.32 Å². The standard InChI is InChI=1S/C24H23N3O6/c1-24(2,26-23(32)33-13-14-7-4-3-5-8-14)22(31)27-11-17-20(18(28)12-27)19-15(21(29)30)9-6-10-16(19)25-17/h3-10,25H,11-13H2,1-2H3,(H,26,32)(H,29,30). The van der Waals surface area contributed by atoms with E-state index in [1.165, 1.54) is 24.8 Å². The number of nitrogens with one attached hydrogen (secondary N) is 2. The predicted molar refractivity (Wildman–Crippen MR) is 119 cm³/mol. The van der Waals surface area contributed by atoms with Crippen molar-refractivity contribution in [2.75, 3.05) is 6.54 Å². The van der Waals surface area contributed by atoms with Crippen molar-refractivity contribution in [2.45, 2.75) is 32.5 Å². The molecule has 2 heterocycles. The van der Waals surface area contributed by atoms with E-state index >= 15 is 0 Å². The number of carbonyl (C=O) groups is 4. The number of rotatable bonds is 5. The number of carboxylic acids is 1. The number of carboxylic acid groups (broad SMARTS) is 1. The fourth-order valence-corrected chi connectivity index (χ4v) is 4.01. The number of hydrogen-bond donors (Lipinski definition) is 3. The molecule has 2 amide bonds. The first kappa shape index (κ1) is 22.1. The fourth-order valence-electron chi connectivity index (χ4n) is 4.01. The van der Waals surface area contributed by atoms with Crippen molar-refractivity contribution in [3.05, 3.63) is 70.9 Å². The lowest BCUT2D eigenvalue weighted by Crippen LogP contribution is -2.57. The topological polar surface area (TPSA) is 129 Å². The quantitative estimate of drug-likeness (QED) is 0.549. The van der Waals surface area contributed by atoms with Gasteiger partial charge >= 0.3 is 12.1 Å². The number of aromatic carboxylic acids is 1. The highest BCUT2D eigenvalue weighted by Crippen LogP contribution is 2.31. The molecule has 9 heteroatoms. The Hall–Kier alpha value is -4.14. The summed E-state index contributed by atoms with van der Waals surface area (Å²) < 4.78 is 5.20. The molecule has 33 heavy (non-hydrogen) atoms. The third kappa shape index (κ3) is 4.30. The normalized spacial score (nSPS) is 13.5. The van der Waals surface area contributed by atoms with Gasteiger partial charge in [-0.15, -0.1) is 0 Å². The lowest BCUT2D eigenvalue weighted by Gasteiger charge is -2.33. The van der Waals surface area contributed by atoms with Gasteiger partial charge in [0, 0.05) is 16.6 Å². The minimum atomic E-state index is -1.33. The summed E-state index contributed by atoms with van der Waals surface area (Å²) in [4.78, 5) is 54.4. The molecule has 2 aromatic carbocycles. The number of H-pyrrole nitrogens is 1. The van der Waals surface area contributed by atoms with Gasteiger partial charge in [0.05, 0.1) is 24.2 Å². The zero-order chi connectivity index (χ0) is 23.8. The van der Waals surface area contributed by atoms with Crippen molar-refractivity contribution in [1.82, 2.24) is 15.2 Å². The van der Waals surface area contributed by atoms with Crippen molar-refractivity contribution >= 4 is 34.7 Å². The number of amides is 2. The molecular formula is C24H23N3O6. The Balaban J connectivity index is 1.50. The molecule has 0 saturated heterocycles. The van der Waals surface area contributed by atoms with Crippen LogP contribution in [-0.2, 0) is 22.7 Å². The molecule has 3 aromatic rings. The molecule has 1 aliphatic heterocycles. The van der Waals surface area contributed by atoms with Crippen LogP contribution in [0.4, 0.5) is 4.79 Å². The monoisotopic (exact) mass is 449 g/mol. The Morgan fingerprint density at radius 1 is 1.09 bits per heavy atom. The van der Waals surface area contributed by atoms with Crippen molar-refractivity contribution < 1.29 is 29.0 Å². The average Bonchev–Trinajstić information content (AvgIpc) is 3.16. The molecule has 0 saturated carbocycles. The highest BCUT2D eigenvalue weighted by atomic mass is 16.5. The highest BCUT2D eigenvalue weighted by molar-refractivity contribution is 6.17. The van der Waals surface area contributed by atoms with Gasteiger partial charge in [-0.3, -0.25) is 9.59 Å². The molecule has 0 aliphatic carbocycles. The number of fused-ring (bicyclic) bond motifs is 3. The van der Waals surface area contributed by atoms with E-state index in [2.05, 4.69) is 10.3 Å². The zero-order valence-electron chi connectivity index (χ0n) is 18.2. The maximum Gasteiger partial charge on any atom is 0.408 e. The number of Topliss-reactive ketones (excluding diaryl/α,β-unsaturated/α-hetero) is 1. The Kier molecular flexibility index (Phi) is 5.63. The SMILES string of the molecule is CC(C)(NC(=O)OCc1ccccc1)C(=O)N1CC(=O)c2c([nH]c3cccc(C(=O)O)c23)C1. The minimum Gasteiger partial charge on any atom is -0.478 e. The first-order valence-electron chi connectivity index (χ1n) is 10.4. The Labute approximate surface area is 189 Å². The first-order chi connectivity index (χ1) is 15.7. The lowest BCUT2D eigenvalue weighted by molar-refractivity contribution is -0.137. The van der Waals surface area contributed by atoms with Crippen molar-refractivity contribution in [3.63, 3.8) is 0 Å². The number of aromatic amines is 1. The highest BCUT2D eigenvalue weighted by Gasteiger charge is 2.39. The third-order valence-electron chi connectivity index (χ3n) is 5.54. The average molecular weight is 449 g/mol. The van der Waals surface area contributed by atoms with Crippen LogP contribution in [0.2, 0.25) is 0 Å². The summed E-state index contributed by atoms with van der Waals surface area (Å²) in [5.41, 5.74) is 0.783. The molecular weight excluding hydrogens is 426 g/mol. The van der Waals surface area contributed by atoms with Crippen LogP contribution in [0.3, 0.4) is 0 Å². The number of nitrogens with zero attached hydrogens (tertiary/aromatic N) is 1. The first-order valence-corrected chi connectivity index (χ1v) is 10.4. The van der Waals surface area contributed by atoms with Gasteiger partial charge in [-0.1, -0.05) is 36.4 Å². The maximum atomic E-state index is 13.2. The molecule has 0 atom stereocenters. The number of aromatic nitrogens is 1. The molecule has 3 N–H and O–H groups in total.